The van der Waals surface area contributed by atoms with E-state index in [0.717, 1.165) is 43.4 Å². The fourth-order valence-electron chi connectivity index (χ4n) is 3.62. The Morgan fingerprint density at radius 1 is 0.882 bits per heavy atom. The van der Waals surface area contributed by atoms with Crippen LogP contribution in [0.5, 0.6) is 0 Å². The first-order valence-corrected chi connectivity index (χ1v) is 7.00. The summed E-state index contributed by atoms with van der Waals surface area (Å²) in [5, 5.41) is 23.8. The van der Waals surface area contributed by atoms with Crippen molar-refractivity contribution in [1.82, 2.24) is 0 Å². The Morgan fingerprint density at radius 2 is 1.35 bits per heavy atom. The van der Waals surface area contributed by atoms with Gasteiger partial charge in [-0.2, -0.15) is 0 Å². The van der Waals surface area contributed by atoms with Crippen molar-refractivity contribution in [1.29, 1.82) is 0 Å². The van der Waals surface area contributed by atoms with E-state index in [4.69, 9.17) is 0 Å². The molecule has 0 aliphatic heterocycles. The van der Waals surface area contributed by atoms with Gasteiger partial charge in [-0.1, -0.05) is 24.6 Å². The predicted octanol–water partition coefficient (Wildman–Crippen LogP) is 3.83. The Hall–Kier alpha value is -0.800. The summed E-state index contributed by atoms with van der Waals surface area (Å²) in [6.45, 7) is 2.35. The molecule has 2 saturated carbocycles. The van der Waals surface area contributed by atoms with Crippen LogP contribution in [0.25, 0.3) is 0 Å². The van der Waals surface area contributed by atoms with Crippen LogP contribution < -0.4 is 0 Å². The minimum absolute atomic E-state index is 0.147. The first-order chi connectivity index (χ1) is 8.20. The van der Waals surface area contributed by atoms with Gasteiger partial charge in [0.2, 0.25) is 0 Å². The van der Waals surface area contributed by atoms with E-state index in [1.54, 1.807) is 0 Å². The molecule has 0 aromatic rings. The van der Waals surface area contributed by atoms with E-state index in [0.29, 0.717) is 4.86 Å². The monoisotopic (exact) mass is 239 g/mol. The molecule has 2 aliphatic rings. The zero-order valence-corrected chi connectivity index (χ0v) is 10.7. The van der Waals surface area contributed by atoms with Crippen LogP contribution >= 0.6 is 0 Å². The molecule has 0 radical (unpaired) electrons. The van der Waals surface area contributed by atoms with Gasteiger partial charge in [0, 0.05) is 12.8 Å². The van der Waals surface area contributed by atoms with E-state index in [1.807, 2.05) is 0 Å². The van der Waals surface area contributed by atoms with E-state index in [2.05, 4.69) is 12.2 Å². The largest absolute Gasteiger partial charge is 0.739 e. The third kappa shape index (κ3) is 3.11. The van der Waals surface area contributed by atoms with Gasteiger partial charge < -0.3 is 10.4 Å². The lowest BCUT2D eigenvalue weighted by Crippen LogP contribution is -2.30. The van der Waals surface area contributed by atoms with Gasteiger partial charge in [0.1, 0.15) is 0 Å². The van der Waals surface area contributed by atoms with Crippen LogP contribution in [0.4, 0.5) is 0 Å². The van der Waals surface area contributed by atoms with Crippen LogP contribution in [-0.4, -0.2) is 10.9 Å². The second kappa shape index (κ2) is 5.69. The van der Waals surface area contributed by atoms with Crippen molar-refractivity contribution in [2.24, 2.45) is 23.0 Å². The third-order valence-electron chi connectivity index (χ3n) is 4.86. The minimum Gasteiger partial charge on any atom is -0.739 e. The molecule has 2 rings (SSSR count). The fourth-order valence-corrected chi connectivity index (χ4v) is 3.62. The molecule has 0 aromatic carbocycles. The van der Waals surface area contributed by atoms with Crippen molar-refractivity contribution in [3.05, 3.63) is 10.4 Å². The lowest BCUT2D eigenvalue weighted by atomic mass is 9.70. The highest BCUT2D eigenvalue weighted by Crippen LogP contribution is 2.40. The van der Waals surface area contributed by atoms with Gasteiger partial charge in [-0.3, -0.25) is 0 Å². The maximum absolute atomic E-state index is 11.1. The molecule has 4 nitrogen and oxygen atoms in total. The Balaban J connectivity index is 1.79. The number of hydrogen-bond donors (Lipinski definition) is 0. The van der Waals surface area contributed by atoms with Crippen LogP contribution in [0.1, 0.15) is 58.3 Å². The van der Waals surface area contributed by atoms with Gasteiger partial charge in [0.05, 0.1) is 0 Å². The first kappa shape index (κ1) is 12.7. The second-order valence-electron chi connectivity index (χ2n) is 5.97. The van der Waals surface area contributed by atoms with Crippen molar-refractivity contribution >= 4 is 0 Å². The summed E-state index contributed by atoms with van der Waals surface area (Å²) in [5.41, 5.74) is 0. The Kier molecular flexibility index (Phi) is 4.24. The summed E-state index contributed by atoms with van der Waals surface area (Å²) >= 11 is 0. The lowest BCUT2D eigenvalue weighted by molar-refractivity contribution is -0.569. The highest BCUT2D eigenvalue weighted by atomic mass is 16.6. The highest BCUT2D eigenvalue weighted by molar-refractivity contribution is 4.81. The van der Waals surface area contributed by atoms with Crippen LogP contribution in [-0.2, 0) is 0 Å². The van der Waals surface area contributed by atoms with E-state index < -0.39 is 0 Å². The summed E-state index contributed by atoms with van der Waals surface area (Å²) < 4.78 is 0. The maximum Gasteiger partial charge on any atom is 0.189 e. The molecular weight excluding hydrogens is 216 g/mol. The standard InChI is InChI=1S/C13H24N2O2/c1-10-2-4-11(5-3-10)12-6-8-13(9-7-12)15(17)14-16/h10-13,16H,2-9H2,1H3/p-1. The highest BCUT2D eigenvalue weighted by Gasteiger charge is 2.32. The molecule has 2 aliphatic carbocycles. The maximum atomic E-state index is 11.1. The van der Waals surface area contributed by atoms with Gasteiger partial charge >= 0.3 is 0 Å². The molecule has 0 heterocycles. The molecule has 0 bridgehead atoms. The molecule has 0 spiro atoms. The van der Waals surface area contributed by atoms with E-state index in [9.17, 15) is 10.4 Å². The van der Waals surface area contributed by atoms with Gasteiger partial charge in [-0.25, -0.2) is 0 Å². The average Bonchev–Trinajstić information content (AvgIpc) is 2.39. The average molecular weight is 239 g/mol. The minimum atomic E-state index is -0.147. The Morgan fingerprint density at radius 3 is 1.82 bits per heavy atom. The lowest BCUT2D eigenvalue weighted by Gasteiger charge is -2.36. The van der Waals surface area contributed by atoms with E-state index in [-0.39, 0.29) is 6.04 Å². The summed E-state index contributed by atoms with van der Waals surface area (Å²) in [6, 6.07) is -0.147. The van der Waals surface area contributed by atoms with Crippen LogP contribution in [0.2, 0.25) is 0 Å². The van der Waals surface area contributed by atoms with Crippen molar-refractivity contribution in [2.75, 3.05) is 0 Å². The van der Waals surface area contributed by atoms with E-state index >= 15 is 0 Å². The topological polar surface area (TPSA) is 61.5 Å². The predicted molar refractivity (Wildman–Crippen MR) is 66.3 cm³/mol. The summed E-state index contributed by atoms with van der Waals surface area (Å²) in [5.74, 6) is 2.56. The summed E-state index contributed by atoms with van der Waals surface area (Å²) in [7, 11) is 0. The van der Waals surface area contributed by atoms with Gasteiger partial charge in [0.15, 0.2) is 6.04 Å². The van der Waals surface area contributed by atoms with Crippen LogP contribution in [0.3, 0.4) is 0 Å². The number of nitrogens with zero attached hydrogens (tertiary/aromatic N) is 2. The normalized spacial score (nSPS) is 40.2. The zero-order chi connectivity index (χ0) is 12.3. The molecule has 0 saturated heterocycles. The molecular formula is C13H23N2O2-. The third-order valence-corrected chi connectivity index (χ3v) is 4.86. The van der Waals surface area contributed by atoms with Crippen LogP contribution in [0.15, 0.2) is 5.28 Å². The molecule has 0 atom stereocenters. The molecule has 0 aromatic heterocycles. The second-order valence-corrected chi connectivity index (χ2v) is 5.97. The number of rotatable bonds is 2. The first-order valence-electron chi connectivity index (χ1n) is 7.00. The van der Waals surface area contributed by atoms with Crippen molar-refractivity contribution in [3.8, 4) is 0 Å². The number of hydrogen-bond acceptors (Lipinski definition) is 3. The van der Waals surface area contributed by atoms with Gasteiger partial charge in [-0.05, 0) is 48.7 Å². The fraction of sp³-hybridized carbons (Fsp3) is 1.00. The van der Waals surface area contributed by atoms with Gasteiger partial charge in [-0.15, -0.1) is 0 Å². The SMILES string of the molecule is CC1CCC(C2CCC([N+]([O-])=N[O-])CC2)CC1. The molecule has 17 heavy (non-hydrogen) atoms. The van der Waals surface area contributed by atoms with Crippen LogP contribution in [0, 0.1) is 28.2 Å². The molecule has 4 heteroatoms. The Labute approximate surface area is 103 Å². The quantitative estimate of drug-likeness (QED) is 0.417. The summed E-state index contributed by atoms with van der Waals surface area (Å²) in [6.07, 6.45) is 9.39. The number of hydroxylamine groups is 1. The van der Waals surface area contributed by atoms with Gasteiger partial charge in [0.25, 0.3) is 0 Å². The van der Waals surface area contributed by atoms with E-state index in [1.165, 1.54) is 25.7 Å². The van der Waals surface area contributed by atoms with Crippen molar-refractivity contribution < 1.29 is 4.86 Å². The molecule has 98 valence electrons. The molecule has 2 fully saturated rings. The smallest absolute Gasteiger partial charge is 0.189 e. The summed E-state index contributed by atoms with van der Waals surface area (Å²) in [4.78, 5) is 0.374. The zero-order valence-electron chi connectivity index (χ0n) is 10.7. The van der Waals surface area contributed by atoms with Crippen molar-refractivity contribution in [2.45, 2.75) is 64.3 Å². The van der Waals surface area contributed by atoms with Crippen molar-refractivity contribution in [3.63, 3.8) is 0 Å². The Bertz CT molecular complexity index is 265. The molecule has 0 amide bonds. The molecule has 0 N–H and O–H groups in total. The molecule has 0 unspecified atom stereocenters.